The van der Waals surface area contributed by atoms with E-state index in [1.165, 1.54) is 0 Å². The van der Waals surface area contributed by atoms with Crippen LogP contribution in [0.2, 0.25) is 0 Å². The van der Waals surface area contributed by atoms with Crippen molar-refractivity contribution in [3.63, 3.8) is 0 Å². The molecule has 0 rings (SSSR count). The zero-order valence-corrected chi connectivity index (χ0v) is 7.96. The summed E-state index contributed by atoms with van der Waals surface area (Å²) < 4.78 is 0. The molecule has 0 aromatic heterocycles. The van der Waals surface area contributed by atoms with E-state index < -0.39 is 0 Å². The lowest BCUT2D eigenvalue weighted by Crippen LogP contribution is -2.41. The van der Waals surface area contributed by atoms with Gasteiger partial charge in [0.25, 0.3) is 0 Å². The van der Waals surface area contributed by atoms with Crippen LogP contribution >= 0.6 is 0 Å². The van der Waals surface area contributed by atoms with Crippen molar-refractivity contribution >= 4 is 11.9 Å². The first kappa shape index (κ1) is 11.7. The van der Waals surface area contributed by atoms with Gasteiger partial charge in [-0.1, -0.05) is 13.8 Å². The van der Waals surface area contributed by atoms with Crippen molar-refractivity contribution in [2.24, 2.45) is 21.9 Å². The van der Waals surface area contributed by atoms with Crippen LogP contribution in [0.15, 0.2) is 4.99 Å². The van der Waals surface area contributed by atoms with Crippen LogP contribution in [-0.4, -0.2) is 30.2 Å². The molecule has 0 aliphatic carbocycles. The van der Waals surface area contributed by atoms with Crippen molar-refractivity contribution in [1.29, 1.82) is 5.41 Å². The van der Waals surface area contributed by atoms with Gasteiger partial charge in [0.1, 0.15) is 0 Å². The van der Waals surface area contributed by atoms with Gasteiger partial charge in [0.2, 0.25) is 0 Å². The fourth-order valence-corrected chi connectivity index (χ4v) is 0.527. The molecule has 0 spiro atoms. The minimum atomic E-state index is -0.302. The molecule has 6 nitrogen and oxygen atoms in total. The number of aliphatic imine (C=N–C) groups is 1. The molecule has 13 heavy (non-hydrogen) atoms. The van der Waals surface area contributed by atoms with Crippen molar-refractivity contribution in [3.8, 4) is 0 Å². The Hall–Kier alpha value is -1.30. The summed E-state index contributed by atoms with van der Waals surface area (Å²) in [5.74, 6) is -0.155. The van der Waals surface area contributed by atoms with Crippen LogP contribution in [0.25, 0.3) is 0 Å². The summed E-state index contributed by atoms with van der Waals surface area (Å²) in [7, 11) is 0. The third-order valence-electron chi connectivity index (χ3n) is 1.37. The molecule has 0 radical (unpaired) electrons. The largest absolute Gasteiger partial charge is 0.396 e. The third-order valence-corrected chi connectivity index (χ3v) is 1.37. The average Bonchev–Trinajstić information content (AvgIpc) is 2.00. The summed E-state index contributed by atoms with van der Waals surface area (Å²) in [5, 5.41) is 18.1. The van der Waals surface area contributed by atoms with Gasteiger partial charge in [0.05, 0.1) is 6.54 Å². The summed E-state index contributed by atoms with van der Waals surface area (Å²) in [5.41, 5.74) is 10.1. The molecule has 0 unspecified atom stereocenters. The number of nitrogens with one attached hydrogen (secondary N) is 2. The van der Waals surface area contributed by atoms with E-state index in [2.05, 4.69) is 10.3 Å². The summed E-state index contributed by atoms with van der Waals surface area (Å²) in [6.07, 6.45) is 0. The third kappa shape index (κ3) is 5.92. The molecule has 0 aromatic carbocycles. The fourth-order valence-electron chi connectivity index (χ4n) is 0.527. The molecule has 0 atom stereocenters. The molecule has 0 saturated heterocycles. The van der Waals surface area contributed by atoms with E-state index in [-0.39, 0.29) is 23.9 Å². The Morgan fingerprint density at radius 3 is 2.46 bits per heavy atom. The highest BCUT2D eigenvalue weighted by Gasteiger charge is 2.15. The molecule has 0 aliphatic rings. The summed E-state index contributed by atoms with van der Waals surface area (Å²) in [4.78, 5) is 3.91. The first-order chi connectivity index (χ1) is 5.87. The molecule has 7 N–H and O–H groups in total. The molecule has 6 heteroatoms. The minimum absolute atomic E-state index is 0.0316. The molecule has 0 saturated carbocycles. The quantitative estimate of drug-likeness (QED) is 0.281. The number of hydrogen-bond acceptors (Lipinski definition) is 3. The van der Waals surface area contributed by atoms with Crippen LogP contribution in [0.4, 0.5) is 0 Å². The topological polar surface area (TPSA) is 121 Å². The maximum absolute atomic E-state index is 8.89. The van der Waals surface area contributed by atoms with Crippen molar-refractivity contribution in [3.05, 3.63) is 0 Å². The second kappa shape index (κ2) is 4.66. The van der Waals surface area contributed by atoms with Crippen molar-refractivity contribution in [1.82, 2.24) is 5.32 Å². The standard InChI is InChI=1S/C7H17N5O/c1-7(2,4-13)3-11-6(10)12-5(8)9/h13H,3-4H2,1-2H3,(H6,8,9,10,11,12). The minimum Gasteiger partial charge on any atom is -0.396 e. The highest BCUT2D eigenvalue weighted by molar-refractivity contribution is 5.95. The van der Waals surface area contributed by atoms with E-state index in [4.69, 9.17) is 22.0 Å². The second-order valence-electron chi connectivity index (χ2n) is 3.56. The predicted molar refractivity (Wildman–Crippen MR) is 52.4 cm³/mol. The van der Waals surface area contributed by atoms with E-state index in [0.717, 1.165) is 0 Å². The molecule has 0 amide bonds. The Balaban J connectivity index is 4.03. The smallest absolute Gasteiger partial charge is 0.195 e. The van der Waals surface area contributed by atoms with Gasteiger partial charge < -0.3 is 16.6 Å². The normalized spacial score (nSPS) is 12.7. The Morgan fingerprint density at radius 2 is 2.08 bits per heavy atom. The zero-order valence-electron chi connectivity index (χ0n) is 7.96. The Bertz CT molecular complexity index is 211. The van der Waals surface area contributed by atoms with Gasteiger partial charge in [-0.25, -0.2) is 0 Å². The second-order valence-corrected chi connectivity index (χ2v) is 3.56. The SMILES string of the molecule is CC(C)(CO)CN=C(N)NC(=N)N. The molecule has 0 bridgehead atoms. The maximum Gasteiger partial charge on any atom is 0.195 e. The van der Waals surface area contributed by atoms with Crippen molar-refractivity contribution in [2.75, 3.05) is 13.2 Å². The lowest BCUT2D eigenvalue weighted by Gasteiger charge is -2.18. The van der Waals surface area contributed by atoms with Crippen LogP contribution in [0.1, 0.15) is 13.8 Å². The van der Waals surface area contributed by atoms with E-state index in [1.54, 1.807) is 0 Å². The van der Waals surface area contributed by atoms with Crippen LogP contribution in [0.5, 0.6) is 0 Å². The highest BCUT2D eigenvalue weighted by atomic mass is 16.3. The van der Waals surface area contributed by atoms with Crippen molar-refractivity contribution in [2.45, 2.75) is 13.8 Å². The number of aliphatic hydroxyl groups excluding tert-OH is 1. The van der Waals surface area contributed by atoms with Gasteiger partial charge in [-0.3, -0.25) is 15.7 Å². The fraction of sp³-hybridized carbons (Fsp3) is 0.714. The van der Waals surface area contributed by atoms with Crippen LogP contribution in [0.3, 0.4) is 0 Å². The van der Waals surface area contributed by atoms with Gasteiger partial charge in [0.15, 0.2) is 11.9 Å². The van der Waals surface area contributed by atoms with Crippen LogP contribution in [0, 0.1) is 10.8 Å². The number of guanidine groups is 2. The highest BCUT2D eigenvalue weighted by Crippen LogP contribution is 2.12. The Kier molecular flexibility index (Phi) is 4.19. The summed E-state index contributed by atoms with van der Waals surface area (Å²) in [6, 6.07) is 0. The van der Waals surface area contributed by atoms with Crippen LogP contribution in [-0.2, 0) is 0 Å². The van der Waals surface area contributed by atoms with Gasteiger partial charge in [-0.2, -0.15) is 0 Å². The lowest BCUT2D eigenvalue weighted by molar-refractivity contribution is 0.167. The molecule has 0 fully saturated rings. The molecule has 0 aromatic rings. The molecular weight excluding hydrogens is 170 g/mol. The molecule has 0 heterocycles. The first-order valence-corrected chi connectivity index (χ1v) is 3.89. The lowest BCUT2D eigenvalue weighted by atomic mass is 9.95. The number of aliphatic hydroxyl groups is 1. The molecular formula is C7H17N5O. The van der Waals surface area contributed by atoms with Gasteiger partial charge in [-0.15, -0.1) is 0 Å². The average molecular weight is 187 g/mol. The van der Waals surface area contributed by atoms with E-state index >= 15 is 0 Å². The Labute approximate surface area is 77.5 Å². The van der Waals surface area contributed by atoms with Gasteiger partial charge >= 0.3 is 0 Å². The monoisotopic (exact) mass is 187 g/mol. The summed E-state index contributed by atoms with van der Waals surface area (Å²) >= 11 is 0. The number of hydrogen-bond donors (Lipinski definition) is 5. The number of nitrogens with zero attached hydrogens (tertiary/aromatic N) is 1. The molecule has 76 valence electrons. The number of nitrogens with two attached hydrogens (primary N) is 2. The van der Waals surface area contributed by atoms with E-state index in [0.29, 0.717) is 6.54 Å². The summed E-state index contributed by atoms with van der Waals surface area (Å²) in [6.45, 7) is 4.13. The maximum atomic E-state index is 8.89. The molecule has 0 aliphatic heterocycles. The predicted octanol–water partition coefficient (Wildman–Crippen LogP) is -1.20. The van der Waals surface area contributed by atoms with Crippen molar-refractivity contribution < 1.29 is 5.11 Å². The Morgan fingerprint density at radius 1 is 1.54 bits per heavy atom. The van der Waals surface area contributed by atoms with E-state index in [9.17, 15) is 0 Å². The number of rotatable bonds is 3. The van der Waals surface area contributed by atoms with Gasteiger partial charge in [0, 0.05) is 12.0 Å². The van der Waals surface area contributed by atoms with Gasteiger partial charge in [-0.05, 0) is 0 Å². The first-order valence-electron chi connectivity index (χ1n) is 3.89. The van der Waals surface area contributed by atoms with Crippen LogP contribution < -0.4 is 16.8 Å². The zero-order chi connectivity index (χ0) is 10.5. The van der Waals surface area contributed by atoms with E-state index in [1.807, 2.05) is 13.8 Å².